The summed E-state index contributed by atoms with van der Waals surface area (Å²) in [4.78, 5) is 12.2. The van der Waals surface area contributed by atoms with Gasteiger partial charge in [0.05, 0.1) is 15.5 Å². The Morgan fingerprint density at radius 1 is 1.38 bits per heavy atom. The standard InChI is InChI=1S/C14H19ClN2O3S/c1-9(2)17(3)21(19,20)11-6-7-13(15)12(8-11)14(18)16-10-4-5-10/h6-10H,4-5H2,1-3H3,(H,16,18). The van der Waals surface area contributed by atoms with Crippen LogP contribution in [0.15, 0.2) is 23.1 Å². The van der Waals surface area contributed by atoms with Crippen molar-refractivity contribution in [1.82, 2.24) is 9.62 Å². The molecule has 1 aliphatic rings. The number of nitrogens with zero attached hydrogens (tertiary/aromatic N) is 1. The van der Waals surface area contributed by atoms with Gasteiger partial charge < -0.3 is 5.32 Å². The maximum atomic E-state index is 12.4. The molecule has 0 atom stereocenters. The number of halogens is 1. The molecule has 5 nitrogen and oxygen atoms in total. The lowest BCUT2D eigenvalue weighted by Crippen LogP contribution is -2.33. The van der Waals surface area contributed by atoms with Gasteiger partial charge in [-0.05, 0) is 44.9 Å². The summed E-state index contributed by atoms with van der Waals surface area (Å²) < 4.78 is 26.2. The molecule has 0 bridgehead atoms. The molecular weight excluding hydrogens is 312 g/mol. The predicted octanol–water partition coefficient (Wildman–Crippen LogP) is 2.26. The minimum atomic E-state index is -3.63. The van der Waals surface area contributed by atoms with E-state index in [4.69, 9.17) is 11.6 Å². The number of carbonyl (C=O) groups is 1. The molecule has 2 rings (SSSR count). The van der Waals surface area contributed by atoms with Crippen LogP contribution in [0.4, 0.5) is 0 Å². The van der Waals surface area contributed by atoms with Crippen LogP contribution < -0.4 is 5.32 Å². The Bertz CT molecular complexity index is 654. The maximum Gasteiger partial charge on any atom is 0.253 e. The molecule has 0 aromatic heterocycles. The lowest BCUT2D eigenvalue weighted by atomic mass is 10.2. The molecule has 21 heavy (non-hydrogen) atoms. The van der Waals surface area contributed by atoms with E-state index in [1.165, 1.54) is 29.6 Å². The zero-order chi connectivity index (χ0) is 15.8. The van der Waals surface area contributed by atoms with Gasteiger partial charge in [-0.3, -0.25) is 4.79 Å². The van der Waals surface area contributed by atoms with Crippen molar-refractivity contribution in [3.8, 4) is 0 Å². The molecular formula is C14H19ClN2O3S. The van der Waals surface area contributed by atoms with Crippen LogP contribution in [-0.2, 0) is 10.0 Å². The number of rotatable bonds is 5. The summed E-state index contributed by atoms with van der Waals surface area (Å²) in [6.07, 6.45) is 1.91. The molecule has 7 heteroatoms. The van der Waals surface area contributed by atoms with E-state index in [1.807, 2.05) is 0 Å². The van der Waals surface area contributed by atoms with Gasteiger partial charge in [0.15, 0.2) is 0 Å². The van der Waals surface area contributed by atoms with E-state index in [0.29, 0.717) is 0 Å². The first-order valence-electron chi connectivity index (χ1n) is 6.82. The van der Waals surface area contributed by atoms with Crippen LogP contribution in [0.5, 0.6) is 0 Å². The van der Waals surface area contributed by atoms with E-state index in [2.05, 4.69) is 5.32 Å². The van der Waals surface area contributed by atoms with Crippen LogP contribution in [0.3, 0.4) is 0 Å². The summed E-state index contributed by atoms with van der Waals surface area (Å²) in [6, 6.07) is 4.23. The van der Waals surface area contributed by atoms with Gasteiger partial charge in [0.2, 0.25) is 10.0 Å². The fraction of sp³-hybridized carbons (Fsp3) is 0.500. The third kappa shape index (κ3) is 3.56. The largest absolute Gasteiger partial charge is 0.349 e. The highest BCUT2D eigenvalue weighted by molar-refractivity contribution is 7.89. The van der Waals surface area contributed by atoms with Crippen LogP contribution in [0.2, 0.25) is 5.02 Å². The van der Waals surface area contributed by atoms with Crippen molar-refractivity contribution in [3.05, 3.63) is 28.8 Å². The Morgan fingerprint density at radius 3 is 2.52 bits per heavy atom. The minimum absolute atomic E-state index is 0.0732. The maximum absolute atomic E-state index is 12.4. The van der Waals surface area contributed by atoms with Gasteiger partial charge in [0.1, 0.15) is 0 Å². The summed E-state index contributed by atoms with van der Waals surface area (Å²) in [5.41, 5.74) is 0.196. The number of sulfonamides is 1. The second-order valence-corrected chi connectivity index (χ2v) is 7.91. The number of hydrogen-bond donors (Lipinski definition) is 1. The Hall–Kier alpha value is -1.11. The van der Waals surface area contributed by atoms with Crippen molar-refractivity contribution in [2.75, 3.05) is 7.05 Å². The summed E-state index contributed by atoms with van der Waals surface area (Å²) in [5.74, 6) is -0.327. The van der Waals surface area contributed by atoms with Gasteiger partial charge >= 0.3 is 0 Å². The fourth-order valence-electron chi connectivity index (χ4n) is 1.77. The number of hydrogen-bond acceptors (Lipinski definition) is 3. The zero-order valence-electron chi connectivity index (χ0n) is 12.3. The molecule has 1 fully saturated rings. The summed E-state index contributed by atoms with van der Waals surface area (Å²) in [5, 5.41) is 3.06. The third-order valence-corrected chi connectivity index (χ3v) is 5.86. The molecule has 0 aliphatic heterocycles. The third-order valence-electron chi connectivity index (χ3n) is 3.50. The highest BCUT2D eigenvalue weighted by Gasteiger charge is 2.27. The Kier molecular flexibility index (Phi) is 4.60. The predicted molar refractivity (Wildman–Crippen MR) is 82.0 cm³/mol. The van der Waals surface area contributed by atoms with Crippen LogP contribution in [0, 0.1) is 0 Å². The van der Waals surface area contributed by atoms with E-state index in [-0.39, 0.29) is 33.5 Å². The molecule has 1 aromatic rings. The molecule has 0 spiro atoms. The van der Waals surface area contributed by atoms with E-state index in [1.54, 1.807) is 13.8 Å². The van der Waals surface area contributed by atoms with Gasteiger partial charge in [-0.25, -0.2) is 8.42 Å². The zero-order valence-corrected chi connectivity index (χ0v) is 13.8. The molecule has 0 radical (unpaired) electrons. The number of amides is 1. The first-order chi connectivity index (χ1) is 9.73. The molecule has 0 heterocycles. The molecule has 1 N–H and O–H groups in total. The van der Waals surface area contributed by atoms with Crippen molar-refractivity contribution >= 4 is 27.5 Å². The van der Waals surface area contributed by atoms with E-state index < -0.39 is 10.0 Å². The molecule has 1 aromatic carbocycles. The number of carbonyl (C=O) groups excluding carboxylic acids is 1. The Morgan fingerprint density at radius 2 is 2.00 bits per heavy atom. The SMILES string of the molecule is CC(C)N(C)S(=O)(=O)c1ccc(Cl)c(C(=O)NC2CC2)c1. The van der Waals surface area contributed by atoms with E-state index in [9.17, 15) is 13.2 Å². The van der Waals surface area contributed by atoms with Crippen LogP contribution >= 0.6 is 11.6 Å². The van der Waals surface area contributed by atoms with Crippen LogP contribution in [0.25, 0.3) is 0 Å². The second-order valence-electron chi connectivity index (χ2n) is 5.50. The van der Waals surface area contributed by atoms with Crippen molar-refractivity contribution < 1.29 is 13.2 Å². The average molecular weight is 331 g/mol. The Balaban J connectivity index is 2.35. The van der Waals surface area contributed by atoms with E-state index >= 15 is 0 Å². The second kappa shape index (κ2) is 5.94. The number of benzene rings is 1. The fourth-order valence-corrected chi connectivity index (χ4v) is 3.37. The van der Waals surface area contributed by atoms with Gasteiger partial charge in [-0.2, -0.15) is 4.31 Å². The molecule has 1 saturated carbocycles. The first-order valence-corrected chi connectivity index (χ1v) is 8.63. The van der Waals surface area contributed by atoms with Crippen LogP contribution in [-0.4, -0.2) is 37.8 Å². The molecule has 116 valence electrons. The highest BCUT2D eigenvalue weighted by Crippen LogP contribution is 2.25. The lowest BCUT2D eigenvalue weighted by Gasteiger charge is -2.21. The quantitative estimate of drug-likeness (QED) is 0.900. The summed E-state index contributed by atoms with van der Waals surface area (Å²) in [6.45, 7) is 3.57. The monoisotopic (exact) mass is 330 g/mol. The van der Waals surface area contributed by atoms with Gasteiger partial charge in [-0.1, -0.05) is 11.6 Å². The molecule has 0 saturated heterocycles. The topological polar surface area (TPSA) is 66.5 Å². The van der Waals surface area contributed by atoms with Crippen molar-refractivity contribution in [2.45, 2.75) is 43.7 Å². The number of nitrogens with one attached hydrogen (secondary N) is 1. The highest BCUT2D eigenvalue weighted by atomic mass is 35.5. The average Bonchev–Trinajstić information content (AvgIpc) is 3.21. The first kappa shape index (κ1) is 16.3. The summed E-state index contributed by atoms with van der Waals surface area (Å²) in [7, 11) is -2.12. The van der Waals surface area contributed by atoms with Crippen molar-refractivity contribution in [1.29, 1.82) is 0 Å². The van der Waals surface area contributed by atoms with Crippen molar-refractivity contribution in [3.63, 3.8) is 0 Å². The van der Waals surface area contributed by atoms with Gasteiger partial charge in [0, 0.05) is 19.1 Å². The van der Waals surface area contributed by atoms with Crippen molar-refractivity contribution in [2.24, 2.45) is 0 Å². The van der Waals surface area contributed by atoms with Crippen LogP contribution in [0.1, 0.15) is 37.0 Å². The minimum Gasteiger partial charge on any atom is -0.349 e. The van der Waals surface area contributed by atoms with Gasteiger partial charge in [-0.15, -0.1) is 0 Å². The Labute approximate surface area is 130 Å². The normalized spacial score (nSPS) is 15.5. The molecule has 0 unspecified atom stereocenters. The molecule has 1 aliphatic carbocycles. The lowest BCUT2D eigenvalue weighted by molar-refractivity contribution is 0.0951. The summed E-state index contributed by atoms with van der Waals surface area (Å²) >= 11 is 6.02. The van der Waals surface area contributed by atoms with E-state index in [0.717, 1.165) is 12.8 Å². The van der Waals surface area contributed by atoms with Gasteiger partial charge in [0.25, 0.3) is 5.91 Å². The smallest absolute Gasteiger partial charge is 0.253 e. The molecule has 1 amide bonds.